The fraction of sp³-hybridized carbons (Fsp3) is 0.533. The highest BCUT2D eigenvalue weighted by Crippen LogP contribution is 2.34. The lowest BCUT2D eigenvalue weighted by Crippen LogP contribution is -2.16. The van der Waals surface area contributed by atoms with E-state index in [1.807, 2.05) is 12.1 Å². The first-order valence-electron chi connectivity index (χ1n) is 6.65. The van der Waals surface area contributed by atoms with Crippen LogP contribution in [-0.4, -0.2) is 12.4 Å². The highest BCUT2D eigenvalue weighted by molar-refractivity contribution is 6.00. The second-order valence-corrected chi connectivity index (χ2v) is 5.09. The van der Waals surface area contributed by atoms with Crippen LogP contribution in [0.5, 0.6) is 5.75 Å². The molecular formula is C15H18O2. The van der Waals surface area contributed by atoms with Gasteiger partial charge in [-0.05, 0) is 37.3 Å². The van der Waals surface area contributed by atoms with Crippen LogP contribution in [0.15, 0.2) is 18.2 Å². The van der Waals surface area contributed by atoms with E-state index in [9.17, 15) is 4.79 Å². The largest absolute Gasteiger partial charge is 0.493 e. The van der Waals surface area contributed by atoms with Crippen LogP contribution in [0, 0.1) is 5.92 Å². The molecule has 0 unspecified atom stereocenters. The number of aryl methyl sites for hydroxylation is 1. The first kappa shape index (κ1) is 10.8. The Morgan fingerprint density at radius 2 is 2.00 bits per heavy atom. The summed E-state index contributed by atoms with van der Waals surface area (Å²) in [6, 6.07) is 6.01. The SMILES string of the molecule is O=C(c1cccc2c1OCCC2)C1CCCC1. The summed E-state index contributed by atoms with van der Waals surface area (Å²) in [6.45, 7) is 0.752. The van der Waals surface area contributed by atoms with Crippen molar-refractivity contribution >= 4 is 5.78 Å². The highest BCUT2D eigenvalue weighted by atomic mass is 16.5. The Labute approximate surface area is 102 Å². The van der Waals surface area contributed by atoms with E-state index in [0.29, 0.717) is 5.78 Å². The minimum absolute atomic E-state index is 0.243. The monoisotopic (exact) mass is 230 g/mol. The lowest BCUT2D eigenvalue weighted by molar-refractivity contribution is 0.0917. The van der Waals surface area contributed by atoms with E-state index in [-0.39, 0.29) is 5.92 Å². The second-order valence-electron chi connectivity index (χ2n) is 5.09. The maximum Gasteiger partial charge on any atom is 0.169 e. The Morgan fingerprint density at radius 3 is 2.82 bits per heavy atom. The zero-order valence-corrected chi connectivity index (χ0v) is 10.1. The van der Waals surface area contributed by atoms with E-state index >= 15 is 0 Å². The number of ether oxygens (including phenoxy) is 1. The smallest absolute Gasteiger partial charge is 0.169 e. The number of hydrogen-bond acceptors (Lipinski definition) is 2. The Morgan fingerprint density at radius 1 is 1.18 bits per heavy atom. The van der Waals surface area contributed by atoms with Gasteiger partial charge in [-0.15, -0.1) is 0 Å². The molecule has 1 heterocycles. The number of rotatable bonds is 2. The summed E-state index contributed by atoms with van der Waals surface area (Å²) >= 11 is 0. The van der Waals surface area contributed by atoms with Gasteiger partial charge in [0.25, 0.3) is 0 Å². The molecule has 1 saturated carbocycles. The van der Waals surface area contributed by atoms with Gasteiger partial charge in [0, 0.05) is 5.92 Å². The van der Waals surface area contributed by atoms with E-state index < -0.39 is 0 Å². The van der Waals surface area contributed by atoms with E-state index in [4.69, 9.17) is 4.74 Å². The predicted molar refractivity (Wildman–Crippen MR) is 66.5 cm³/mol. The van der Waals surface area contributed by atoms with Crippen molar-refractivity contribution in [3.8, 4) is 5.75 Å². The molecule has 0 aromatic heterocycles. The summed E-state index contributed by atoms with van der Waals surface area (Å²) in [5.74, 6) is 1.42. The molecule has 2 nitrogen and oxygen atoms in total. The third kappa shape index (κ3) is 1.97. The molecule has 1 aromatic rings. The molecule has 2 heteroatoms. The average Bonchev–Trinajstić information content (AvgIpc) is 2.91. The number of ketones is 1. The van der Waals surface area contributed by atoms with Crippen molar-refractivity contribution in [1.82, 2.24) is 0 Å². The molecule has 3 rings (SSSR count). The summed E-state index contributed by atoms with van der Waals surface area (Å²) in [6.07, 6.45) is 6.62. The number of hydrogen-bond donors (Lipinski definition) is 0. The lowest BCUT2D eigenvalue weighted by atomic mass is 9.92. The summed E-state index contributed by atoms with van der Waals surface area (Å²) in [4.78, 5) is 12.4. The molecule has 0 bridgehead atoms. The van der Waals surface area contributed by atoms with Crippen molar-refractivity contribution in [2.75, 3.05) is 6.61 Å². The molecular weight excluding hydrogens is 212 g/mol. The van der Waals surface area contributed by atoms with Gasteiger partial charge >= 0.3 is 0 Å². The van der Waals surface area contributed by atoms with Crippen LogP contribution in [0.2, 0.25) is 0 Å². The topological polar surface area (TPSA) is 26.3 Å². The van der Waals surface area contributed by atoms with E-state index in [0.717, 1.165) is 43.6 Å². The number of Topliss-reactive ketones (excluding diaryl/α,β-unsaturated/α-hetero) is 1. The third-order valence-electron chi connectivity index (χ3n) is 3.92. The van der Waals surface area contributed by atoms with Crippen molar-refractivity contribution in [3.63, 3.8) is 0 Å². The Balaban J connectivity index is 1.94. The van der Waals surface area contributed by atoms with E-state index in [1.165, 1.54) is 18.4 Å². The first-order chi connectivity index (χ1) is 8.36. The van der Waals surface area contributed by atoms with Crippen LogP contribution in [0.3, 0.4) is 0 Å². The highest BCUT2D eigenvalue weighted by Gasteiger charge is 2.27. The standard InChI is InChI=1S/C15H18O2/c16-14(11-5-1-2-6-11)13-9-3-7-12-8-4-10-17-15(12)13/h3,7,9,11H,1-2,4-6,8,10H2. The van der Waals surface area contributed by atoms with Crippen LogP contribution in [0.4, 0.5) is 0 Å². The molecule has 2 aliphatic rings. The fourth-order valence-electron chi connectivity index (χ4n) is 2.99. The van der Waals surface area contributed by atoms with Gasteiger partial charge in [0.2, 0.25) is 0 Å². The quantitative estimate of drug-likeness (QED) is 0.728. The van der Waals surface area contributed by atoms with Gasteiger partial charge in [-0.2, -0.15) is 0 Å². The molecule has 0 saturated heterocycles. The number of benzene rings is 1. The van der Waals surface area contributed by atoms with Gasteiger partial charge in [0.05, 0.1) is 12.2 Å². The summed E-state index contributed by atoms with van der Waals surface area (Å²) in [5.41, 5.74) is 2.04. The van der Waals surface area contributed by atoms with E-state index in [2.05, 4.69) is 6.07 Å². The second kappa shape index (κ2) is 4.52. The van der Waals surface area contributed by atoms with Crippen molar-refractivity contribution < 1.29 is 9.53 Å². The van der Waals surface area contributed by atoms with Gasteiger partial charge < -0.3 is 4.74 Å². The molecule has 1 fully saturated rings. The van der Waals surface area contributed by atoms with Gasteiger partial charge in [-0.1, -0.05) is 25.0 Å². The molecule has 1 aromatic carbocycles. The molecule has 1 aliphatic heterocycles. The van der Waals surface area contributed by atoms with Crippen LogP contribution >= 0.6 is 0 Å². The Hall–Kier alpha value is -1.31. The minimum Gasteiger partial charge on any atom is -0.493 e. The van der Waals surface area contributed by atoms with Crippen molar-refractivity contribution in [2.24, 2.45) is 5.92 Å². The normalized spacial score (nSPS) is 19.8. The number of fused-ring (bicyclic) bond motifs is 1. The molecule has 0 spiro atoms. The molecule has 0 N–H and O–H groups in total. The summed E-state index contributed by atoms with van der Waals surface area (Å²) in [5, 5.41) is 0. The molecule has 0 radical (unpaired) electrons. The fourth-order valence-corrected chi connectivity index (χ4v) is 2.99. The summed E-state index contributed by atoms with van der Waals surface area (Å²) < 4.78 is 5.71. The van der Waals surface area contributed by atoms with Crippen molar-refractivity contribution in [2.45, 2.75) is 38.5 Å². The predicted octanol–water partition coefficient (Wildman–Crippen LogP) is 3.38. The summed E-state index contributed by atoms with van der Waals surface area (Å²) in [7, 11) is 0. The van der Waals surface area contributed by atoms with Gasteiger partial charge in [-0.3, -0.25) is 4.79 Å². The molecule has 0 amide bonds. The zero-order valence-electron chi connectivity index (χ0n) is 10.1. The maximum absolute atomic E-state index is 12.4. The zero-order chi connectivity index (χ0) is 11.7. The number of carbonyl (C=O) groups excluding carboxylic acids is 1. The van der Waals surface area contributed by atoms with Crippen LogP contribution in [0.25, 0.3) is 0 Å². The Bertz CT molecular complexity index is 431. The molecule has 17 heavy (non-hydrogen) atoms. The maximum atomic E-state index is 12.4. The minimum atomic E-state index is 0.243. The van der Waals surface area contributed by atoms with Crippen molar-refractivity contribution in [3.05, 3.63) is 29.3 Å². The third-order valence-corrected chi connectivity index (χ3v) is 3.92. The van der Waals surface area contributed by atoms with Crippen LogP contribution < -0.4 is 4.74 Å². The van der Waals surface area contributed by atoms with Gasteiger partial charge in [0.15, 0.2) is 5.78 Å². The number of carbonyl (C=O) groups is 1. The first-order valence-corrected chi connectivity index (χ1v) is 6.65. The number of para-hydroxylation sites is 1. The molecule has 1 aliphatic carbocycles. The van der Waals surface area contributed by atoms with Gasteiger partial charge in [0.1, 0.15) is 5.75 Å². The molecule has 90 valence electrons. The van der Waals surface area contributed by atoms with Crippen LogP contribution in [-0.2, 0) is 6.42 Å². The lowest BCUT2D eigenvalue weighted by Gasteiger charge is -2.20. The van der Waals surface area contributed by atoms with Crippen molar-refractivity contribution in [1.29, 1.82) is 0 Å². The van der Waals surface area contributed by atoms with Crippen LogP contribution in [0.1, 0.15) is 48.0 Å². The average molecular weight is 230 g/mol. The van der Waals surface area contributed by atoms with E-state index in [1.54, 1.807) is 0 Å². The van der Waals surface area contributed by atoms with Gasteiger partial charge in [-0.25, -0.2) is 0 Å². The Kier molecular flexibility index (Phi) is 2.87. The molecule has 0 atom stereocenters.